The van der Waals surface area contributed by atoms with Gasteiger partial charge in [-0.05, 0) is 20.3 Å². The fourth-order valence-electron chi connectivity index (χ4n) is 1.56. The second-order valence-electron chi connectivity index (χ2n) is 4.43. The summed E-state index contributed by atoms with van der Waals surface area (Å²) in [6, 6.07) is 1.50. The molecular weight excluding hydrogens is 242 g/mol. The van der Waals surface area contributed by atoms with E-state index in [4.69, 9.17) is 0 Å². The van der Waals surface area contributed by atoms with Crippen molar-refractivity contribution in [2.75, 3.05) is 30.8 Å². The highest BCUT2D eigenvalue weighted by Crippen LogP contribution is 2.10. The van der Waals surface area contributed by atoms with Crippen LogP contribution in [0.5, 0.6) is 0 Å². The predicted octanol–water partition coefficient (Wildman–Crippen LogP) is 1.58. The molecule has 0 fully saturated rings. The summed E-state index contributed by atoms with van der Waals surface area (Å²) in [4.78, 5) is 21.9. The Balaban J connectivity index is 2.63. The second kappa shape index (κ2) is 7.56. The summed E-state index contributed by atoms with van der Waals surface area (Å²) >= 11 is 0. The van der Waals surface area contributed by atoms with Crippen LogP contribution in [-0.4, -0.2) is 47.0 Å². The third-order valence-electron chi connectivity index (χ3n) is 2.81. The number of carbonyl (C=O) groups excluding carboxylic acids is 1. The molecular formula is C13H23N5O. The van der Waals surface area contributed by atoms with E-state index in [1.54, 1.807) is 11.9 Å². The number of hydrogen-bond acceptors (Lipinski definition) is 5. The summed E-state index contributed by atoms with van der Waals surface area (Å²) in [5, 5.41) is 6.28. The number of rotatable bonds is 7. The van der Waals surface area contributed by atoms with E-state index in [9.17, 15) is 4.79 Å². The van der Waals surface area contributed by atoms with Crippen molar-refractivity contribution in [1.29, 1.82) is 0 Å². The maximum absolute atomic E-state index is 11.9. The molecule has 1 aromatic rings. The minimum Gasteiger partial charge on any atom is -0.370 e. The Hall–Kier alpha value is -1.85. The zero-order chi connectivity index (χ0) is 14.3. The first kappa shape index (κ1) is 15.2. The van der Waals surface area contributed by atoms with Crippen LogP contribution < -0.4 is 10.6 Å². The highest BCUT2D eigenvalue weighted by Gasteiger charge is 2.16. The molecule has 6 nitrogen and oxygen atoms in total. The molecule has 0 aromatic carbocycles. The molecule has 0 bridgehead atoms. The van der Waals surface area contributed by atoms with Gasteiger partial charge in [-0.1, -0.05) is 6.92 Å². The van der Waals surface area contributed by atoms with Crippen molar-refractivity contribution < 1.29 is 4.79 Å². The summed E-state index contributed by atoms with van der Waals surface area (Å²) in [7, 11) is 1.79. The second-order valence-corrected chi connectivity index (χ2v) is 4.43. The Bertz CT molecular complexity index is 410. The van der Waals surface area contributed by atoms with Gasteiger partial charge in [0.15, 0.2) is 0 Å². The zero-order valence-electron chi connectivity index (χ0n) is 12.1. The molecule has 6 heteroatoms. The molecule has 0 saturated heterocycles. The molecule has 1 rings (SSSR count). The molecule has 19 heavy (non-hydrogen) atoms. The fraction of sp³-hybridized carbons (Fsp3) is 0.615. The number of anilines is 2. The molecule has 1 atom stereocenters. The van der Waals surface area contributed by atoms with E-state index in [-0.39, 0.29) is 11.9 Å². The van der Waals surface area contributed by atoms with E-state index in [2.05, 4.69) is 27.5 Å². The van der Waals surface area contributed by atoms with Crippen molar-refractivity contribution in [3.05, 3.63) is 12.4 Å². The van der Waals surface area contributed by atoms with Gasteiger partial charge in [0, 0.05) is 26.2 Å². The Morgan fingerprint density at radius 3 is 2.68 bits per heavy atom. The summed E-state index contributed by atoms with van der Waals surface area (Å²) in [6.45, 7) is 7.42. The van der Waals surface area contributed by atoms with E-state index in [0.717, 1.165) is 18.8 Å². The standard InChI is InChI=1S/C13H23N5O/c1-5-7-14-11-8-12(16-9-15-11)17-10(3)13(19)18(4)6-2/h8-10H,5-7H2,1-4H3,(H2,14,15,16,17). The van der Waals surface area contributed by atoms with Gasteiger partial charge < -0.3 is 15.5 Å². The number of likely N-dealkylation sites (N-methyl/N-ethyl adjacent to an activating group) is 1. The van der Waals surface area contributed by atoms with Gasteiger partial charge in [-0.15, -0.1) is 0 Å². The van der Waals surface area contributed by atoms with Crippen molar-refractivity contribution in [3.8, 4) is 0 Å². The molecule has 1 amide bonds. The number of hydrogen-bond donors (Lipinski definition) is 2. The largest absolute Gasteiger partial charge is 0.370 e. The lowest BCUT2D eigenvalue weighted by molar-refractivity contribution is -0.130. The topological polar surface area (TPSA) is 70.2 Å². The van der Waals surface area contributed by atoms with Crippen LogP contribution in [0.3, 0.4) is 0 Å². The van der Waals surface area contributed by atoms with Crippen LogP contribution in [0.1, 0.15) is 27.2 Å². The van der Waals surface area contributed by atoms with Gasteiger partial charge in [-0.25, -0.2) is 9.97 Å². The third-order valence-corrected chi connectivity index (χ3v) is 2.81. The Morgan fingerprint density at radius 2 is 2.05 bits per heavy atom. The van der Waals surface area contributed by atoms with Crippen LogP contribution in [0.2, 0.25) is 0 Å². The first-order valence-electron chi connectivity index (χ1n) is 6.65. The van der Waals surface area contributed by atoms with Gasteiger partial charge in [0.1, 0.15) is 24.0 Å². The summed E-state index contributed by atoms with van der Waals surface area (Å²) in [5.74, 6) is 1.46. The molecule has 0 saturated carbocycles. The smallest absolute Gasteiger partial charge is 0.244 e. The molecule has 1 heterocycles. The van der Waals surface area contributed by atoms with Crippen molar-refractivity contribution in [2.24, 2.45) is 0 Å². The highest BCUT2D eigenvalue weighted by atomic mass is 16.2. The molecule has 0 aliphatic carbocycles. The molecule has 0 aliphatic heterocycles. The SMILES string of the molecule is CCCNc1cc(NC(C)C(=O)N(C)CC)ncn1. The lowest BCUT2D eigenvalue weighted by Gasteiger charge is -2.21. The Morgan fingerprint density at radius 1 is 1.37 bits per heavy atom. The maximum Gasteiger partial charge on any atom is 0.244 e. The van der Waals surface area contributed by atoms with Crippen molar-refractivity contribution in [2.45, 2.75) is 33.2 Å². The van der Waals surface area contributed by atoms with Gasteiger partial charge in [0.2, 0.25) is 5.91 Å². The predicted molar refractivity (Wildman–Crippen MR) is 77.2 cm³/mol. The molecule has 0 spiro atoms. The maximum atomic E-state index is 11.9. The quantitative estimate of drug-likeness (QED) is 0.783. The van der Waals surface area contributed by atoms with E-state index < -0.39 is 0 Å². The van der Waals surface area contributed by atoms with Crippen LogP contribution in [0, 0.1) is 0 Å². The minimum absolute atomic E-state index is 0.0455. The van der Waals surface area contributed by atoms with Crippen molar-refractivity contribution >= 4 is 17.5 Å². The average molecular weight is 265 g/mol. The highest BCUT2D eigenvalue weighted by molar-refractivity contribution is 5.83. The molecule has 1 aromatic heterocycles. The monoisotopic (exact) mass is 265 g/mol. The van der Waals surface area contributed by atoms with Crippen LogP contribution in [-0.2, 0) is 4.79 Å². The fourth-order valence-corrected chi connectivity index (χ4v) is 1.56. The van der Waals surface area contributed by atoms with Crippen molar-refractivity contribution in [1.82, 2.24) is 14.9 Å². The summed E-state index contributed by atoms with van der Waals surface area (Å²) in [6.07, 6.45) is 2.52. The Labute approximate surface area is 114 Å². The summed E-state index contributed by atoms with van der Waals surface area (Å²) in [5.41, 5.74) is 0. The van der Waals surface area contributed by atoms with E-state index >= 15 is 0 Å². The number of amides is 1. The van der Waals surface area contributed by atoms with Crippen LogP contribution in [0.4, 0.5) is 11.6 Å². The van der Waals surface area contributed by atoms with E-state index in [1.165, 1.54) is 6.33 Å². The van der Waals surface area contributed by atoms with Crippen molar-refractivity contribution in [3.63, 3.8) is 0 Å². The Kier molecular flexibility index (Phi) is 6.05. The van der Waals surface area contributed by atoms with Crippen LogP contribution in [0.15, 0.2) is 12.4 Å². The number of aromatic nitrogens is 2. The summed E-state index contributed by atoms with van der Waals surface area (Å²) < 4.78 is 0. The average Bonchev–Trinajstić information content (AvgIpc) is 2.43. The number of nitrogens with one attached hydrogen (secondary N) is 2. The van der Waals surface area contributed by atoms with Gasteiger partial charge in [-0.3, -0.25) is 4.79 Å². The molecule has 2 N–H and O–H groups in total. The van der Waals surface area contributed by atoms with Gasteiger partial charge >= 0.3 is 0 Å². The first-order valence-corrected chi connectivity index (χ1v) is 6.65. The van der Waals surface area contributed by atoms with E-state index in [1.807, 2.05) is 19.9 Å². The number of nitrogens with zero attached hydrogens (tertiary/aromatic N) is 3. The molecule has 0 radical (unpaired) electrons. The van der Waals surface area contributed by atoms with Crippen LogP contribution in [0.25, 0.3) is 0 Å². The lowest BCUT2D eigenvalue weighted by Crippen LogP contribution is -2.39. The van der Waals surface area contributed by atoms with Gasteiger partial charge in [0.05, 0.1) is 0 Å². The van der Waals surface area contributed by atoms with Gasteiger partial charge in [-0.2, -0.15) is 0 Å². The number of carbonyl (C=O) groups is 1. The normalized spacial score (nSPS) is 11.8. The first-order chi connectivity index (χ1) is 9.08. The molecule has 106 valence electrons. The molecule has 0 aliphatic rings. The lowest BCUT2D eigenvalue weighted by atomic mass is 10.3. The zero-order valence-corrected chi connectivity index (χ0v) is 12.1. The van der Waals surface area contributed by atoms with Crippen LogP contribution >= 0.6 is 0 Å². The molecule has 1 unspecified atom stereocenters. The van der Waals surface area contributed by atoms with E-state index in [0.29, 0.717) is 12.4 Å². The minimum atomic E-state index is -0.307. The van der Waals surface area contributed by atoms with Gasteiger partial charge in [0.25, 0.3) is 0 Å². The third kappa shape index (κ3) is 4.73.